The summed E-state index contributed by atoms with van der Waals surface area (Å²) in [7, 11) is 0. The van der Waals surface area contributed by atoms with Gasteiger partial charge < -0.3 is 10.1 Å². The molecule has 1 amide bonds. The number of hydrogen-bond donors (Lipinski definition) is 1. The van der Waals surface area contributed by atoms with Crippen LogP contribution in [0.15, 0.2) is 59.2 Å². The molecule has 1 heterocycles. The van der Waals surface area contributed by atoms with Gasteiger partial charge in [0.05, 0.1) is 12.2 Å². The van der Waals surface area contributed by atoms with Gasteiger partial charge in [0.1, 0.15) is 12.4 Å². The van der Waals surface area contributed by atoms with Gasteiger partial charge in [-0.3, -0.25) is 9.48 Å². The fourth-order valence-electron chi connectivity index (χ4n) is 3.09. The summed E-state index contributed by atoms with van der Waals surface area (Å²) in [4.78, 5) is 12.7. The zero-order valence-electron chi connectivity index (χ0n) is 16.3. The van der Waals surface area contributed by atoms with E-state index < -0.39 is 0 Å². The standard InChI is InChI=1S/C22H24BrN3O2/c1-4-26-16(3)21(13-24-26)15(2)25-22(27)18-8-5-7-17(11-18)14-28-20-10-6-9-19(23)12-20/h5-13,15H,4,14H2,1-3H3,(H,25,27). The van der Waals surface area contributed by atoms with Crippen LogP contribution in [0.3, 0.4) is 0 Å². The molecule has 3 aromatic rings. The van der Waals surface area contributed by atoms with E-state index in [1.54, 1.807) is 0 Å². The van der Waals surface area contributed by atoms with Crippen LogP contribution in [-0.2, 0) is 13.2 Å². The maximum absolute atomic E-state index is 12.7. The van der Waals surface area contributed by atoms with Crippen molar-refractivity contribution in [3.63, 3.8) is 0 Å². The van der Waals surface area contributed by atoms with E-state index in [0.29, 0.717) is 12.2 Å². The number of benzene rings is 2. The number of halogens is 1. The average Bonchev–Trinajstić information content (AvgIpc) is 3.07. The second-order valence-electron chi connectivity index (χ2n) is 6.64. The SMILES string of the molecule is CCn1ncc(C(C)NC(=O)c2cccc(COc3cccc(Br)c3)c2)c1C. The topological polar surface area (TPSA) is 56.2 Å². The second kappa shape index (κ2) is 9.06. The first kappa shape index (κ1) is 20.1. The molecule has 6 heteroatoms. The number of nitrogens with zero attached hydrogens (tertiary/aromatic N) is 2. The van der Waals surface area contributed by atoms with Crippen LogP contribution in [0.4, 0.5) is 0 Å². The first-order valence-electron chi connectivity index (χ1n) is 9.28. The molecule has 0 saturated carbocycles. The first-order valence-corrected chi connectivity index (χ1v) is 10.1. The molecule has 28 heavy (non-hydrogen) atoms. The van der Waals surface area contributed by atoms with E-state index in [-0.39, 0.29) is 11.9 Å². The van der Waals surface area contributed by atoms with Crippen molar-refractivity contribution in [1.82, 2.24) is 15.1 Å². The monoisotopic (exact) mass is 441 g/mol. The zero-order chi connectivity index (χ0) is 20.1. The summed E-state index contributed by atoms with van der Waals surface area (Å²) in [6, 6.07) is 15.1. The normalized spacial score (nSPS) is 11.9. The van der Waals surface area contributed by atoms with Crippen molar-refractivity contribution in [2.24, 2.45) is 0 Å². The van der Waals surface area contributed by atoms with E-state index in [0.717, 1.165) is 33.6 Å². The van der Waals surface area contributed by atoms with E-state index in [9.17, 15) is 4.79 Å². The van der Waals surface area contributed by atoms with Crippen molar-refractivity contribution < 1.29 is 9.53 Å². The Hall–Kier alpha value is -2.60. The van der Waals surface area contributed by atoms with Crippen molar-refractivity contribution in [1.29, 1.82) is 0 Å². The van der Waals surface area contributed by atoms with Crippen molar-refractivity contribution in [3.8, 4) is 5.75 Å². The predicted octanol–water partition coefficient (Wildman–Crippen LogP) is 5.04. The average molecular weight is 442 g/mol. The van der Waals surface area contributed by atoms with Crippen molar-refractivity contribution in [2.45, 2.75) is 40.0 Å². The van der Waals surface area contributed by atoms with Gasteiger partial charge in [0.15, 0.2) is 0 Å². The van der Waals surface area contributed by atoms with Gasteiger partial charge in [0.2, 0.25) is 0 Å². The minimum Gasteiger partial charge on any atom is -0.489 e. The maximum Gasteiger partial charge on any atom is 0.251 e. The summed E-state index contributed by atoms with van der Waals surface area (Å²) in [6.07, 6.45) is 1.83. The molecule has 0 radical (unpaired) electrons. The maximum atomic E-state index is 12.7. The molecule has 0 bridgehead atoms. The Morgan fingerprint density at radius 3 is 2.75 bits per heavy atom. The fourth-order valence-corrected chi connectivity index (χ4v) is 3.47. The van der Waals surface area contributed by atoms with Gasteiger partial charge in [-0.05, 0) is 56.7 Å². The van der Waals surface area contributed by atoms with E-state index in [1.807, 2.05) is 73.3 Å². The Balaban J connectivity index is 1.65. The molecule has 1 unspecified atom stereocenters. The van der Waals surface area contributed by atoms with Gasteiger partial charge in [0, 0.05) is 27.8 Å². The lowest BCUT2D eigenvalue weighted by Gasteiger charge is -2.15. The number of hydrogen-bond acceptors (Lipinski definition) is 3. The number of aryl methyl sites for hydroxylation is 1. The highest BCUT2D eigenvalue weighted by molar-refractivity contribution is 9.10. The summed E-state index contributed by atoms with van der Waals surface area (Å²) in [5.74, 6) is 0.668. The fraction of sp³-hybridized carbons (Fsp3) is 0.273. The lowest BCUT2D eigenvalue weighted by atomic mass is 10.1. The Kier molecular flexibility index (Phi) is 6.52. The van der Waals surface area contributed by atoms with E-state index in [1.165, 1.54) is 0 Å². The van der Waals surface area contributed by atoms with Gasteiger partial charge in [0.25, 0.3) is 5.91 Å². The molecule has 5 nitrogen and oxygen atoms in total. The van der Waals surface area contributed by atoms with Crippen LogP contribution in [-0.4, -0.2) is 15.7 Å². The summed E-state index contributed by atoms with van der Waals surface area (Å²) in [5.41, 5.74) is 3.66. The van der Waals surface area contributed by atoms with Crippen LogP contribution >= 0.6 is 15.9 Å². The number of amides is 1. The Bertz CT molecular complexity index is 968. The number of carbonyl (C=O) groups is 1. The zero-order valence-corrected chi connectivity index (χ0v) is 17.9. The lowest BCUT2D eigenvalue weighted by Crippen LogP contribution is -2.27. The van der Waals surface area contributed by atoms with Crippen molar-refractivity contribution in [3.05, 3.63) is 81.6 Å². The Labute approximate surface area is 173 Å². The molecule has 1 aromatic heterocycles. The van der Waals surface area contributed by atoms with Crippen LogP contribution in [0.2, 0.25) is 0 Å². The molecule has 0 aliphatic heterocycles. The number of rotatable bonds is 7. The second-order valence-corrected chi connectivity index (χ2v) is 7.56. The third-order valence-electron chi connectivity index (χ3n) is 4.65. The van der Waals surface area contributed by atoms with E-state index in [4.69, 9.17) is 4.74 Å². The third-order valence-corrected chi connectivity index (χ3v) is 5.14. The molecule has 0 aliphatic rings. The van der Waals surface area contributed by atoms with Gasteiger partial charge in [-0.2, -0.15) is 5.10 Å². The molecule has 146 valence electrons. The number of nitrogens with one attached hydrogen (secondary N) is 1. The van der Waals surface area contributed by atoms with E-state index in [2.05, 4.69) is 33.3 Å². The minimum atomic E-state index is -0.116. The molecule has 2 aromatic carbocycles. The van der Waals surface area contributed by atoms with Crippen molar-refractivity contribution >= 4 is 21.8 Å². The van der Waals surface area contributed by atoms with Crippen LogP contribution in [0.1, 0.15) is 47.1 Å². The molecule has 0 saturated heterocycles. The summed E-state index contributed by atoms with van der Waals surface area (Å²) in [6.45, 7) is 7.26. The van der Waals surface area contributed by atoms with Crippen LogP contribution in [0.5, 0.6) is 5.75 Å². The Morgan fingerprint density at radius 1 is 1.25 bits per heavy atom. The molecule has 1 N–H and O–H groups in total. The van der Waals surface area contributed by atoms with Crippen molar-refractivity contribution in [2.75, 3.05) is 0 Å². The largest absolute Gasteiger partial charge is 0.489 e. The number of aromatic nitrogens is 2. The highest BCUT2D eigenvalue weighted by atomic mass is 79.9. The number of carbonyl (C=O) groups excluding carboxylic acids is 1. The van der Waals surface area contributed by atoms with Gasteiger partial charge in [-0.15, -0.1) is 0 Å². The van der Waals surface area contributed by atoms with Gasteiger partial charge in [-0.1, -0.05) is 34.1 Å². The molecular formula is C22H24BrN3O2. The molecule has 0 spiro atoms. The van der Waals surface area contributed by atoms with E-state index >= 15 is 0 Å². The highest BCUT2D eigenvalue weighted by Gasteiger charge is 2.16. The minimum absolute atomic E-state index is 0.111. The van der Waals surface area contributed by atoms with Crippen LogP contribution in [0.25, 0.3) is 0 Å². The highest BCUT2D eigenvalue weighted by Crippen LogP contribution is 2.20. The summed E-state index contributed by atoms with van der Waals surface area (Å²) in [5, 5.41) is 7.41. The molecule has 3 rings (SSSR count). The lowest BCUT2D eigenvalue weighted by molar-refractivity contribution is 0.0939. The molecular weight excluding hydrogens is 418 g/mol. The predicted molar refractivity (Wildman–Crippen MR) is 113 cm³/mol. The van der Waals surface area contributed by atoms with Gasteiger partial charge >= 0.3 is 0 Å². The molecule has 0 fully saturated rings. The van der Waals surface area contributed by atoms with Crippen LogP contribution < -0.4 is 10.1 Å². The molecule has 0 aliphatic carbocycles. The quantitative estimate of drug-likeness (QED) is 0.558. The summed E-state index contributed by atoms with van der Waals surface area (Å²) < 4.78 is 8.71. The Morgan fingerprint density at radius 2 is 2.04 bits per heavy atom. The van der Waals surface area contributed by atoms with Gasteiger partial charge in [-0.25, -0.2) is 0 Å². The smallest absolute Gasteiger partial charge is 0.251 e. The number of ether oxygens (including phenoxy) is 1. The third kappa shape index (κ3) is 4.81. The summed E-state index contributed by atoms with van der Waals surface area (Å²) >= 11 is 3.43. The first-order chi connectivity index (χ1) is 13.5. The van der Waals surface area contributed by atoms with Crippen LogP contribution in [0, 0.1) is 6.92 Å². The molecule has 1 atom stereocenters.